The van der Waals surface area contributed by atoms with Gasteiger partial charge < -0.3 is 11.1 Å². The van der Waals surface area contributed by atoms with Crippen LogP contribution in [-0.2, 0) is 5.67 Å². The van der Waals surface area contributed by atoms with Crippen LogP contribution in [-0.4, -0.2) is 13.1 Å². The Morgan fingerprint density at radius 3 is 2.93 bits per heavy atom. The molecule has 82 valence electrons. The number of hydrogen-bond acceptors (Lipinski definition) is 2. The quantitative estimate of drug-likeness (QED) is 0.730. The number of rotatable bonds is 2. The van der Waals surface area contributed by atoms with Gasteiger partial charge >= 0.3 is 0 Å². The van der Waals surface area contributed by atoms with E-state index < -0.39 is 5.67 Å². The van der Waals surface area contributed by atoms with Crippen molar-refractivity contribution in [2.45, 2.75) is 19.0 Å². The van der Waals surface area contributed by atoms with E-state index in [1.165, 1.54) is 0 Å². The molecule has 15 heavy (non-hydrogen) atoms. The molecule has 0 bridgehead atoms. The van der Waals surface area contributed by atoms with Gasteiger partial charge in [-0.25, -0.2) is 4.39 Å². The van der Waals surface area contributed by atoms with Crippen LogP contribution in [0.1, 0.15) is 18.9 Å². The number of anilines is 1. The lowest BCUT2D eigenvalue weighted by Crippen LogP contribution is -2.29. The van der Waals surface area contributed by atoms with Crippen LogP contribution >= 0.6 is 0 Å². The molecule has 0 aromatic heterocycles. The van der Waals surface area contributed by atoms with Gasteiger partial charge in [-0.2, -0.15) is 0 Å². The van der Waals surface area contributed by atoms with Crippen molar-refractivity contribution in [1.82, 2.24) is 5.32 Å². The summed E-state index contributed by atoms with van der Waals surface area (Å²) in [5, 5.41) is 3.19. The molecule has 1 aliphatic rings. The van der Waals surface area contributed by atoms with Crippen molar-refractivity contribution < 1.29 is 4.39 Å². The van der Waals surface area contributed by atoms with Crippen LogP contribution in [0.5, 0.6) is 0 Å². The lowest BCUT2D eigenvalue weighted by atomic mass is 9.84. The van der Waals surface area contributed by atoms with Gasteiger partial charge in [-0.15, -0.1) is 0 Å². The highest BCUT2D eigenvalue weighted by molar-refractivity contribution is 5.42. The fourth-order valence-electron chi connectivity index (χ4n) is 2.20. The molecule has 3 heteroatoms. The second kappa shape index (κ2) is 3.81. The third-order valence-electron chi connectivity index (χ3n) is 3.28. The summed E-state index contributed by atoms with van der Waals surface area (Å²) in [4.78, 5) is 0. The molecule has 0 radical (unpaired) electrons. The lowest BCUT2D eigenvalue weighted by molar-refractivity contribution is 0.112. The van der Waals surface area contributed by atoms with Crippen LogP contribution in [0.4, 0.5) is 10.1 Å². The molecule has 2 rings (SSSR count). The summed E-state index contributed by atoms with van der Waals surface area (Å²) in [6.07, 6.45) is 0.891. The van der Waals surface area contributed by atoms with Gasteiger partial charge in [0.1, 0.15) is 5.67 Å². The summed E-state index contributed by atoms with van der Waals surface area (Å²) in [6.45, 7) is 3.31. The molecule has 0 spiro atoms. The molecule has 1 heterocycles. The van der Waals surface area contributed by atoms with Crippen molar-refractivity contribution in [1.29, 1.82) is 0 Å². The predicted molar refractivity (Wildman–Crippen MR) is 60.3 cm³/mol. The maximum atomic E-state index is 14.6. The Morgan fingerprint density at radius 1 is 1.53 bits per heavy atom. The molecule has 0 aliphatic carbocycles. The van der Waals surface area contributed by atoms with E-state index in [9.17, 15) is 4.39 Å². The molecular weight excluding hydrogens is 191 g/mol. The van der Waals surface area contributed by atoms with E-state index in [-0.39, 0.29) is 5.92 Å². The number of nitrogens with two attached hydrogens (primary N) is 1. The average molecular weight is 208 g/mol. The summed E-state index contributed by atoms with van der Waals surface area (Å²) in [5.74, 6) is 0.0549. The first-order valence-corrected chi connectivity index (χ1v) is 5.36. The van der Waals surface area contributed by atoms with Crippen LogP contribution in [0.2, 0.25) is 0 Å². The van der Waals surface area contributed by atoms with Gasteiger partial charge in [-0.05, 0) is 37.6 Å². The van der Waals surface area contributed by atoms with Gasteiger partial charge in [-0.1, -0.05) is 12.1 Å². The van der Waals surface area contributed by atoms with Crippen molar-refractivity contribution in [3.63, 3.8) is 0 Å². The highest BCUT2D eigenvalue weighted by Gasteiger charge is 2.37. The number of benzene rings is 1. The lowest BCUT2D eigenvalue weighted by Gasteiger charge is -2.27. The molecule has 2 unspecified atom stereocenters. The van der Waals surface area contributed by atoms with Crippen molar-refractivity contribution >= 4 is 5.69 Å². The van der Waals surface area contributed by atoms with Crippen LogP contribution in [0.25, 0.3) is 0 Å². The number of nitrogens with one attached hydrogen (secondary N) is 1. The number of nitrogen functional groups attached to an aromatic ring is 1. The molecule has 1 fully saturated rings. The molecule has 1 aromatic rings. The van der Waals surface area contributed by atoms with Crippen LogP contribution < -0.4 is 11.1 Å². The SMILES string of the molecule is CC(F)(c1cccc(N)c1)C1CCNC1. The van der Waals surface area contributed by atoms with E-state index in [1.54, 1.807) is 19.1 Å². The van der Waals surface area contributed by atoms with Gasteiger partial charge in [0.15, 0.2) is 0 Å². The summed E-state index contributed by atoms with van der Waals surface area (Å²) in [7, 11) is 0. The normalized spacial score (nSPS) is 25.1. The molecule has 1 saturated heterocycles. The topological polar surface area (TPSA) is 38.0 Å². The van der Waals surface area contributed by atoms with E-state index in [1.807, 2.05) is 12.1 Å². The zero-order valence-electron chi connectivity index (χ0n) is 8.96. The predicted octanol–water partition coefficient (Wildman–Crippen LogP) is 2.06. The zero-order chi connectivity index (χ0) is 10.9. The standard InChI is InChI=1S/C12H17FN2/c1-12(13,10-5-6-15-8-10)9-3-2-4-11(14)7-9/h2-4,7,10,15H,5-6,8,14H2,1H3. The fourth-order valence-corrected chi connectivity index (χ4v) is 2.20. The monoisotopic (exact) mass is 208 g/mol. The maximum absolute atomic E-state index is 14.6. The highest BCUT2D eigenvalue weighted by atomic mass is 19.1. The number of hydrogen-bond donors (Lipinski definition) is 2. The number of halogens is 1. The van der Waals surface area contributed by atoms with Crippen molar-refractivity contribution in [2.75, 3.05) is 18.8 Å². The van der Waals surface area contributed by atoms with Crippen LogP contribution in [0.15, 0.2) is 24.3 Å². The largest absolute Gasteiger partial charge is 0.399 e. The first-order chi connectivity index (χ1) is 7.10. The molecule has 1 aromatic carbocycles. The summed E-state index contributed by atoms with van der Waals surface area (Å²) < 4.78 is 14.6. The Hall–Kier alpha value is -1.09. The maximum Gasteiger partial charge on any atom is 0.137 e. The van der Waals surface area contributed by atoms with Crippen molar-refractivity contribution in [2.24, 2.45) is 5.92 Å². The first-order valence-electron chi connectivity index (χ1n) is 5.36. The number of alkyl halides is 1. The highest BCUT2D eigenvalue weighted by Crippen LogP contribution is 2.37. The molecule has 1 aliphatic heterocycles. The van der Waals surface area contributed by atoms with E-state index in [0.29, 0.717) is 11.3 Å². The summed E-state index contributed by atoms with van der Waals surface area (Å²) in [6, 6.07) is 7.14. The second-order valence-corrected chi connectivity index (χ2v) is 4.39. The van der Waals surface area contributed by atoms with Gasteiger partial charge in [0.25, 0.3) is 0 Å². The van der Waals surface area contributed by atoms with Gasteiger partial charge in [0.05, 0.1) is 0 Å². The minimum atomic E-state index is -1.28. The minimum absolute atomic E-state index is 0.0549. The zero-order valence-corrected chi connectivity index (χ0v) is 8.96. The van der Waals surface area contributed by atoms with Gasteiger partial charge in [0.2, 0.25) is 0 Å². The summed E-state index contributed by atoms with van der Waals surface area (Å²) >= 11 is 0. The third kappa shape index (κ3) is 1.97. The van der Waals surface area contributed by atoms with Crippen molar-refractivity contribution in [3.05, 3.63) is 29.8 Å². The molecule has 0 amide bonds. The fraction of sp³-hybridized carbons (Fsp3) is 0.500. The van der Waals surface area contributed by atoms with Crippen LogP contribution in [0, 0.1) is 5.92 Å². The van der Waals surface area contributed by atoms with Crippen LogP contribution in [0.3, 0.4) is 0 Å². The Balaban J connectivity index is 2.27. The van der Waals surface area contributed by atoms with E-state index in [2.05, 4.69) is 5.32 Å². The Bertz CT molecular complexity index is 343. The minimum Gasteiger partial charge on any atom is -0.399 e. The van der Waals surface area contributed by atoms with E-state index in [0.717, 1.165) is 19.5 Å². The molecule has 2 atom stereocenters. The van der Waals surface area contributed by atoms with E-state index in [4.69, 9.17) is 5.73 Å². The Labute approximate surface area is 89.7 Å². The molecule has 3 N–H and O–H groups in total. The van der Waals surface area contributed by atoms with Crippen molar-refractivity contribution in [3.8, 4) is 0 Å². The van der Waals surface area contributed by atoms with Gasteiger partial charge in [0, 0.05) is 18.2 Å². The smallest absolute Gasteiger partial charge is 0.137 e. The average Bonchev–Trinajstić information content (AvgIpc) is 2.71. The summed E-state index contributed by atoms with van der Waals surface area (Å²) in [5.41, 5.74) is 5.71. The molecule has 2 nitrogen and oxygen atoms in total. The Morgan fingerprint density at radius 2 is 2.33 bits per heavy atom. The molecule has 0 saturated carbocycles. The second-order valence-electron chi connectivity index (χ2n) is 4.39. The third-order valence-corrected chi connectivity index (χ3v) is 3.28. The first kappa shape index (κ1) is 10.4. The molecular formula is C12H17FN2. The van der Waals surface area contributed by atoms with E-state index >= 15 is 0 Å². The van der Waals surface area contributed by atoms with Gasteiger partial charge in [-0.3, -0.25) is 0 Å². The Kier molecular flexibility index (Phi) is 2.65.